The van der Waals surface area contributed by atoms with E-state index < -0.39 is 5.54 Å². The molecular formula is C6H11N3OS. The second-order valence-corrected chi connectivity index (χ2v) is 3.44. The fraction of sp³-hybridized carbons (Fsp3) is 0.667. The van der Waals surface area contributed by atoms with Gasteiger partial charge < -0.3 is 0 Å². The first-order valence-electron chi connectivity index (χ1n) is 3.26. The highest BCUT2D eigenvalue weighted by atomic mass is 32.1. The monoisotopic (exact) mass is 173 g/mol. The Bertz CT molecular complexity index is 226. The van der Waals surface area contributed by atoms with E-state index in [9.17, 15) is 4.79 Å². The molecule has 11 heavy (non-hydrogen) atoms. The first-order chi connectivity index (χ1) is 4.89. The number of thiocarbonyl (C=S) groups is 1. The second kappa shape index (κ2) is 2.15. The Labute approximate surface area is 70.9 Å². The Morgan fingerprint density at radius 1 is 1.55 bits per heavy atom. The van der Waals surface area contributed by atoms with Crippen molar-refractivity contribution in [3.63, 3.8) is 0 Å². The van der Waals surface area contributed by atoms with Gasteiger partial charge in [-0.2, -0.15) is 0 Å². The summed E-state index contributed by atoms with van der Waals surface area (Å²) in [6.07, 6.45) is 0. The quantitative estimate of drug-likeness (QED) is 0.403. The Morgan fingerprint density at radius 2 is 2.00 bits per heavy atom. The number of carbonyl (C=O) groups is 1. The van der Waals surface area contributed by atoms with Gasteiger partial charge in [-0.05, 0) is 26.1 Å². The first kappa shape index (κ1) is 8.42. The predicted molar refractivity (Wildman–Crippen MR) is 45.5 cm³/mol. The van der Waals surface area contributed by atoms with Crippen LogP contribution >= 0.6 is 12.2 Å². The molecule has 0 spiro atoms. The third-order valence-electron chi connectivity index (χ3n) is 1.92. The van der Waals surface area contributed by atoms with Crippen molar-refractivity contribution in [1.82, 2.24) is 9.91 Å². The molecule has 0 atom stereocenters. The van der Waals surface area contributed by atoms with E-state index in [-0.39, 0.29) is 5.91 Å². The van der Waals surface area contributed by atoms with Gasteiger partial charge in [-0.3, -0.25) is 14.7 Å². The highest BCUT2D eigenvalue weighted by Gasteiger charge is 2.45. The van der Waals surface area contributed by atoms with Crippen molar-refractivity contribution in [3.8, 4) is 0 Å². The van der Waals surface area contributed by atoms with Crippen molar-refractivity contribution in [2.75, 3.05) is 7.05 Å². The van der Waals surface area contributed by atoms with Gasteiger partial charge in [-0.1, -0.05) is 0 Å². The summed E-state index contributed by atoms with van der Waals surface area (Å²) in [4.78, 5) is 12.7. The standard InChI is InChI=1S/C6H11N3OS/c1-6(2)4(10)8(3)5(11)9(6)7/h7H2,1-3H3. The maximum Gasteiger partial charge on any atom is 0.255 e. The average Bonchev–Trinajstić information content (AvgIpc) is 2.06. The summed E-state index contributed by atoms with van der Waals surface area (Å²) in [7, 11) is 1.62. The molecule has 4 nitrogen and oxygen atoms in total. The van der Waals surface area contributed by atoms with Crippen LogP contribution in [0.4, 0.5) is 0 Å². The molecule has 0 aromatic rings. The smallest absolute Gasteiger partial charge is 0.255 e. The van der Waals surface area contributed by atoms with Gasteiger partial charge in [0.1, 0.15) is 5.54 Å². The van der Waals surface area contributed by atoms with Crippen LogP contribution in [-0.2, 0) is 4.79 Å². The number of nitrogens with zero attached hydrogens (tertiary/aromatic N) is 2. The summed E-state index contributed by atoms with van der Waals surface area (Å²) in [6.45, 7) is 3.48. The summed E-state index contributed by atoms with van der Waals surface area (Å²) in [5, 5.41) is 1.69. The number of amides is 1. The van der Waals surface area contributed by atoms with Gasteiger partial charge in [0.2, 0.25) is 0 Å². The topological polar surface area (TPSA) is 49.6 Å². The van der Waals surface area contributed by atoms with E-state index >= 15 is 0 Å². The zero-order valence-electron chi connectivity index (χ0n) is 6.79. The van der Waals surface area contributed by atoms with Crippen LogP contribution in [0.2, 0.25) is 0 Å². The van der Waals surface area contributed by atoms with Crippen LogP contribution in [0, 0.1) is 0 Å². The van der Waals surface area contributed by atoms with Crippen LogP contribution in [-0.4, -0.2) is 33.5 Å². The van der Waals surface area contributed by atoms with Crippen molar-refractivity contribution in [3.05, 3.63) is 0 Å². The minimum Gasteiger partial charge on any atom is -0.289 e. The lowest BCUT2D eigenvalue weighted by Crippen LogP contribution is -2.48. The molecule has 1 aliphatic rings. The molecule has 0 saturated carbocycles. The van der Waals surface area contributed by atoms with Crippen molar-refractivity contribution in [2.45, 2.75) is 19.4 Å². The van der Waals surface area contributed by atoms with Gasteiger partial charge in [-0.25, -0.2) is 5.84 Å². The number of rotatable bonds is 0. The zero-order chi connectivity index (χ0) is 8.81. The summed E-state index contributed by atoms with van der Waals surface area (Å²) < 4.78 is 0. The van der Waals surface area contributed by atoms with Crippen LogP contribution in [0.1, 0.15) is 13.8 Å². The summed E-state index contributed by atoms with van der Waals surface area (Å²) in [6, 6.07) is 0. The Kier molecular flexibility index (Phi) is 1.65. The predicted octanol–water partition coefficient (Wildman–Crippen LogP) is -0.302. The zero-order valence-corrected chi connectivity index (χ0v) is 7.60. The third kappa shape index (κ3) is 0.918. The van der Waals surface area contributed by atoms with Crippen LogP contribution in [0.25, 0.3) is 0 Å². The van der Waals surface area contributed by atoms with E-state index in [4.69, 9.17) is 18.1 Å². The van der Waals surface area contributed by atoms with Gasteiger partial charge in [0, 0.05) is 7.05 Å². The molecular weight excluding hydrogens is 162 g/mol. The lowest BCUT2D eigenvalue weighted by molar-refractivity contribution is -0.130. The normalized spacial score (nSPS) is 23.3. The van der Waals surface area contributed by atoms with Crippen molar-refractivity contribution < 1.29 is 4.79 Å². The molecule has 1 fully saturated rings. The lowest BCUT2D eigenvalue weighted by Gasteiger charge is -2.23. The number of hydrogen-bond acceptors (Lipinski definition) is 3. The number of carbonyl (C=O) groups excluding carboxylic acids is 1. The van der Waals surface area contributed by atoms with E-state index in [0.717, 1.165) is 0 Å². The second-order valence-electron chi connectivity index (χ2n) is 3.08. The number of likely N-dealkylation sites (N-methyl/N-ethyl adjacent to an activating group) is 1. The summed E-state index contributed by atoms with van der Waals surface area (Å²) >= 11 is 4.90. The molecule has 0 aromatic heterocycles. The Balaban J connectivity index is 3.06. The van der Waals surface area contributed by atoms with Gasteiger partial charge in [0.05, 0.1) is 0 Å². The minimum absolute atomic E-state index is 0.0648. The number of nitrogens with two attached hydrogens (primary N) is 1. The largest absolute Gasteiger partial charge is 0.289 e. The van der Waals surface area contributed by atoms with Crippen LogP contribution in [0.5, 0.6) is 0 Å². The highest BCUT2D eigenvalue weighted by Crippen LogP contribution is 2.22. The minimum atomic E-state index is -0.689. The van der Waals surface area contributed by atoms with E-state index in [2.05, 4.69) is 0 Å². The maximum absolute atomic E-state index is 11.4. The molecule has 0 bridgehead atoms. The molecule has 5 heteroatoms. The maximum atomic E-state index is 11.4. The van der Waals surface area contributed by atoms with E-state index in [1.54, 1.807) is 20.9 Å². The molecule has 1 amide bonds. The summed E-state index contributed by atoms with van der Waals surface area (Å²) in [5.41, 5.74) is -0.689. The average molecular weight is 173 g/mol. The third-order valence-corrected chi connectivity index (χ3v) is 2.39. The molecule has 0 aromatic carbocycles. The van der Waals surface area contributed by atoms with Crippen LogP contribution in [0.15, 0.2) is 0 Å². The molecule has 2 N–H and O–H groups in total. The molecule has 0 aliphatic carbocycles. The van der Waals surface area contributed by atoms with Gasteiger partial charge >= 0.3 is 0 Å². The molecule has 1 heterocycles. The van der Waals surface area contributed by atoms with Crippen molar-refractivity contribution in [2.24, 2.45) is 5.84 Å². The van der Waals surface area contributed by atoms with Crippen LogP contribution in [0.3, 0.4) is 0 Å². The summed E-state index contributed by atoms with van der Waals surface area (Å²) in [5.74, 6) is 5.50. The van der Waals surface area contributed by atoms with Crippen molar-refractivity contribution >= 4 is 23.2 Å². The Hall–Kier alpha value is -0.680. The fourth-order valence-corrected chi connectivity index (χ4v) is 1.31. The first-order valence-corrected chi connectivity index (χ1v) is 3.67. The molecule has 1 aliphatic heterocycles. The molecule has 1 rings (SSSR count). The van der Waals surface area contributed by atoms with Gasteiger partial charge in [-0.15, -0.1) is 0 Å². The van der Waals surface area contributed by atoms with Crippen LogP contribution < -0.4 is 5.84 Å². The van der Waals surface area contributed by atoms with Gasteiger partial charge in [0.25, 0.3) is 5.91 Å². The Morgan fingerprint density at radius 3 is 2.09 bits per heavy atom. The van der Waals surface area contributed by atoms with Crippen molar-refractivity contribution in [1.29, 1.82) is 0 Å². The van der Waals surface area contributed by atoms with E-state index in [1.165, 1.54) is 9.91 Å². The lowest BCUT2D eigenvalue weighted by atomic mass is 10.1. The fourth-order valence-electron chi connectivity index (χ4n) is 1.00. The SMILES string of the molecule is CN1C(=O)C(C)(C)N(N)C1=S. The van der Waals surface area contributed by atoms with E-state index in [1.807, 2.05) is 0 Å². The molecule has 62 valence electrons. The van der Waals surface area contributed by atoms with E-state index in [0.29, 0.717) is 5.11 Å². The number of hydrazine groups is 1. The highest BCUT2D eigenvalue weighted by molar-refractivity contribution is 7.80. The molecule has 1 saturated heterocycles. The van der Waals surface area contributed by atoms with Gasteiger partial charge in [0.15, 0.2) is 5.11 Å². The molecule has 0 radical (unpaired) electrons. The molecule has 0 unspecified atom stereocenters. The number of hydrogen-bond donors (Lipinski definition) is 1.